The lowest BCUT2D eigenvalue weighted by atomic mass is 9.92. The fraction of sp³-hybridized carbons (Fsp3) is 1.00. The highest BCUT2D eigenvalue weighted by Crippen LogP contribution is 2.34. The zero-order valence-electron chi connectivity index (χ0n) is 11.2. The average molecular weight is 240 g/mol. The molecule has 100 valence electrons. The average Bonchev–Trinajstić information content (AvgIpc) is 2.75. The lowest BCUT2D eigenvalue weighted by Gasteiger charge is -2.38. The Labute approximate surface area is 105 Å². The van der Waals surface area contributed by atoms with Crippen molar-refractivity contribution in [2.75, 3.05) is 13.2 Å². The van der Waals surface area contributed by atoms with Crippen molar-refractivity contribution < 1.29 is 5.11 Å². The van der Waals surface area contributed by atoms with E-state index >= 15 is 0 Å². The molecule has 17 heavy (non-hydrogen) atoms. The van der Waals surface area contributed by atoms with Gasteiger partial charge in [-0.25, -0.2) is 0 Å². The maximum atomic E-state index is 9.36. The predicted octanol–water partition coefficient (Wildman–Crippen LogP) is 1.88. The second-order valence-electron chi connectivity index (χ2n) is 6.04. The molecular formula is C14H28N2O. The minimum absolute atomic E-state index is 0.145. The Kier molecular flexibility index (Phi) is 4.45. The van der Waals surface area contributed by atoms with E-state index in [0.29, 0.717) is 6.04 Å². The highest BCUT2D eigenvalue weighted by molar-refractivity contribution is 4.98. The molecule has 0 aromatic carbocycles. The third-order valence-electron chi connectivity index (χ3n) is 4.81. The van der Waals surface area contributed by atoms with Crippen molar-refractivity contribution in [3.8, 4) is 0 Å². The number of hydrogen-bond donors (Lipinski definition) is 2. The molecule has 0 saturated heterocycles. The Bertz CT molecular complexity index is 240. The van der Waals surface area contributed by atoms with Gasteiger partial charge in [0, 0.05) is 17.6 Å². The van der Waals surface area contributed by atoms with Crippen LogP contribution in [0.1, 0.15) is 58.3 Å². The molecule has 0 radical (unpaired) electrons. The second-order valence-corrected chi connectivity index (χ2v) is 6.04. The standard InChI is InChI=1S/C14H28N2O/c1-2-16(12-6-4-3-5-7-12)13-8-9-14(15,10-13)11-17/h12-13,17H,2-11,15H2,1H3. The first-order valence-corrected chi connectivity index (χ1v) is 7.34. The molecule has 3 heteroatoms. The third-order valence-corrected chi connectivity index (χ3v) is 4.81. The van der Waals surface area contributed by atoms with Gasteiger partial charge in [-0.3, -0.25) is 4.90 Å². The highest BCUT2D eigenvalue weighted by Gasteiger charge is 2.39. The molecule has 3 nitrogen and oxygen atoms in total. The summed E-state index contributed by atoms with van der Waals surface area (Å²) in [6, 6.07) is 1.39. The summed E-state index contributed by atoms with van der Waals surface area (Å²) < 4.78 is 0. The maximum absolute atomic E-state index is 9.36. The third kappa shape index (κ3) is 3.01. The SMILES string of the molecule is CCN(C1CCCCC1)C1CCC(N)(CO)C1. The Morgan fingerprint density at radius 2 is 1.88 bits per heavy atom. The molecule has 0 bridgehead atoms. The topological polar surface area (TPSA) is 49.5 Å². The fourth-order valence-electron chi connectivity index (χ4n) is 3.78. The van der Waals surface area contributed by atoms with Crippen LogP contribution in [0.3, 0.4) is 0 Å². The Morgan fingerprint density at radius 3 is 2.41 bits per heavy atom. The molecule has 0 amide bonds. The summed E-state index contributed by atoms with van der Waals surface area (Å²) in [6.07, 6.45) is 10.0. The minimum atomic E-state index is -0.299. The van der Waals surface area contributed by atoms with E-state index in [1.165, 1.54) is 38.5 Å². The molecule has 2 fully saturated rings. The molecule has 0 heterocycles. The molecule has 2 saturated carbocycles. The second kappa shape index (κ2) is 5.68. The summed E-state index contributed by atoms with van der Waals surface area (Å²) in [5, 5.41) is 9.36. The van der Waals surface area contributed by atoms with E-state index in [1.54, 1.807) is 0 Å². The van der Waals surface area contributed by atoms with Crippen LogP contribution >= 0.6 is 0 Å². The molecule has 2 rings (SSSR count). The van der Waals surface area contributed by atoms with Gasteiger partial charge in [0.2, 0.25) is 0 Å². The van der Waals surface area contributed by atoms with E-state index in [0.717, 1.165) is 25.4 Å². The van der Waals surface area contributed by atoms with Gasteiger partial charge in [0.1, 0.15) is 0 Å². The number of hydrogen-bond acceptors (Lipinski definition) is 3. The molecule has 2 unspecified atom stereocenters. The van der Waals surface area contributed by atoms with Gasteiger partial charge >= 0.3 is 0 Å². The van der Waals surface area contributed by atoms with Crippen LogP contribution in [0.15, 0.2) is 0 Å². The van der Waals surface area contributed by atoms with Crippen LogP contribution in [-0.4, -0.2) is 40.8 Å². The molecule has 3 N–H and O–H groups in total. The van der Waals surface area contributed by atoms with Gasteiger partial charge in [0.05, 0.1) is 6.61 Å². The monoisotopic (exact) mass is 240 g/mol. The van der Waals surface area contributed by atoms with Crippen molar-refractivity contribution in [2.24, 2.45) is 5.73 Å². The Hall–Kier alpha value is -0.120. The van der Waals surface area contributed by atoms with Crippen molar-refractivity contribution in [2.45, 2.75) is 75.9 Å². The van der Waals surface area contributed by atoms with Crippen molar-refractivity contribution >= 4 is 0 Å². The molecule has 2 aliphatic rings. The van der Waals surface area contributed by atoms with Crippen LogP contribution in [-0.2, 0) is 0 Å². The van der Waals surface area contributed by atoms with Gasteiger partial charge in [0.25, 0.3) is 0 Å². The molecule has 0 aromatic rings. The molecule has 0 aliphatic heterocycles. The number of aliphatic hydroxyl groups is 1. The van der Waals surface area contributed by atoms with E-state index < -0.39 is 0 Å². The van der Waals surface area contributed by atoms with Gasteiger partial charge < -0.3 is 10.8 Å². The summed E-state index contributed by atoms with van der Waals surface area (Å²) in [5.74, 6) is 0. The van der Waals surface area contributed by atoms with Crippen LogP contribution in [0.25, 0.3) is 0 Å². The van der Waals surface area contributed by atoms with Crippen molar-refractivity contribution in [1.82, 2.24) is 4.90 Å². The number of nitrogens with zero attached hydrogens (tertiary/aromatic N) is 1. The first-order valence-electron chi connectivity index (χ1n) is 7.34. The quantitative estimate of drug-likeness (QED) is 0.789. The van der Waals surface area contributed by atoms with E-state index in [9.17, 15) is 5.11 Å². The van der Waals surface area contributed by atoms with E-state index in [1.807, 2.05) is 0 Å². The van der Waals surface area contributed by atoms with Gasteiger partial charge in [-0.1, -0.05) is 26.2 Å². The number of aliphatic hydroxyl groups excluding tert-OH is 1. The lowest BCUT2D eigenvalue weighted by Crippen LogP contribution is -2.46. The molecule has 2 atom stereocenters. The van der Waals surface area contributed by atoms with E-state index in [-0.39, 0.29) is 12.1 Å². The van der Waals surface area contributed by atoms with Crippen molar-refractivity contribution in [1.29, 1.82) is 0 Å². The summed E-state index contributed by atoms with van der Waals surface area (Å²) >= 11 is 0. The Balaban J connectivity index is 1.94. The summed E-state index contributed by atoms with van der Waals surface area (Å²) in [6.45, 7) is 3.55. The van der Waals surface area contributed by atoms with Crippen LogP contribution < -0.4 is 5.73 Å². The fourth-order valence-corrected chi connectivity index (χ4v) is 3.78. The molecular weight excluding hydrogens is 212 g/mol. The zero-order valence-corrected chi connectivity index (χ0v) is 11.2. The first kappa shape index (κ1) is 13.3. The largest absolute Gasteiger partial charge is 0.394 e. The molecule has 0 spiro atoms. The van der Waals surface area contributed by atoms with E-state index in [4.69, 9.17) is 5.73 Å². The summed E-state index contributed by atoms with van der Waals surface area (Å²) in [5.41, 5.74) is 5.90. The van der Waals surface area contributed by atoms with E-state index in [2.05, 4.69) is 11.8 Å². The normalized spacial score (nSPS) is 35.6. The molecule has 0 aromatic heterocycles. The van der Waals surface area contributed by atoms with Crippen LogP contribution in [0, 0.1) is 0 Å². The summed E-state index contributed by atoms with van der Waals surface area (Å²) in [4.78, 5) is 2.67. The number of rotatable bonds is 4. The first-order chi connectivity index (χ1) is 8.18. The molecule has 2 aliphatic carbocycles. The van der Waals surface area contributed by atoms with Gasteiger partial charge in [0.15, 0.2) is 0 Å². The predicted molar refractivity (Wildman–Crippen MR) is 70.9 cm³/mol. The minimum Gasteiger partial charge on any atom is -0.394 e. The smallest absolute Gasteiger partial charge is 0.0611 e. The van der Waals surface area contributed by atoms with Crippen LogP contribution in [0.2, 0.25) is 0 Å². The lowest BCUT2D eigenvalue weighted by molar-refractivity contribution is 0.104. The highest BCUT2D eigenvalue weighted by atomic mass is 16.3. The van der Waals surface area contributed by atoms with Crippen molar-refractivity contribution in [3.05, 3.63) is 0 Å². The maximum Gasteiger partial charge on any atom is 0.0611 e. The summed E-state index contributed by atoms with van der Waals surface area (Å²) in [7, 11) is 0. The van der Waals surface area contributed by atoms with Crippen LogP contribution in [0.5, 0.6) is 0 Å². The number of nitrogens with two attached hydrogens (primary N) is 1. The van der Waals surface area contributed by atoms with Crippen molar-refractivity contribution in [3.63, 3.8) is 0 Å². The van der Waals surface area contributed by atoms with Gasteiger partial charge in [-0.15, -0.1) is 0 Å². The van der Waals surface area contributed by atoms with Gasteiger partial charge in [-0.05, 0) is 38.6 Å². The van der Waals surface area contributed by atoms with Crippen LogP contribution in [0.4, 0.5) is 0 Å². The van der Waals surface area contributed by atoms with Gasteiger partial charge in [-0.2, -0.15) is 0 Å². The zero-order chi connectivity index (χ0) is 12.3. The Morgan fingerprint density at radius 1 is 1.18 bits per heavy atom.